The Hall–Kier alpha value is -3.22. The largest absolute Gasteiger partial charge is 0.352 e. The molecule has 3 aromatic rings. The van der Waals surface area contributed by atoms with E-state index in [-0.39, 0.29) is 17.0 Å². The van der Waals surface area contributed by atoms with E-state index in [9.17, 15) is 9.59 Å². The second kappa shape index (κ2) is 10.6. The van der Waals surface area contributed by atoms with Crippen LogP contribution in [0.2, 0.25) is 0 Å². The fourth-order valence-electron chi connectivity index (χ4n) is 4.43. The Morgan fingerprint density at radius 2 is 1.88 bits per heavy atom. The highest BCUT2D eigenvalue weighted by Gasteiger charge is 2.26. The summed E-state index contributed by atoms with van der Waals surface area (Å²) >= 11 is 0. The second-order valence-corrected chi connectivity index (χ2v) is 8.82. The molecular formula is C27H32N4O2. The summed E-state index contributed by atoms with van der Waals surface area (Å²) < 4.78 is 0. The number of pyridine rings is 1. The van der Waals surface area contributed by atoms with Crippen LogP contribution >= 0.6 is 0 Å². The average molecular weight is 445 g/mol. The van der Waals surface area contributed by atoms with Crippen LogP contribution in [0, 0.1) is 6.92 Å². The first-order valence-corrected chi connectivity index (χ1v) is 11.6. The number of piperazine rings is 1. The zero-order valence-electron chi connectivity index (χ0n) is 19.4. The van der Waals surface area contributed by atoms with Gasteiger partial charge in [-0.25, -0.2) is 0 Å². The molecule has 0 bridgehead atoms. The van der Waals surface area contributed by atoms with Gasteiger partial charge in [-0.15, -0.1) is 0 Å². The van der Waals surface area contributed by atoms with Crippen molar-refractivity contribution in [1.82, 2.24) is 20.1 Å². The summed E-state index contributed by atoms with van der Waals surface area (Å²) in [6, 6.07) is 22.3. The maximum absolute atomic E-state index is 12.6. The highest BCUT2D eigenvalue weighted by Crippen LogP contribution is 2.24. The van der Waals surface area contributed by atoms with Crippen LogP contribution in [0.1, 0.15) is 33.9 Å². The Labute approximate surface area is 195 Å². The quantitative estimate of drug-likeness (QED) is 0.548. The van der Waals surface area contributed by atoms with Crippen LogP contribution in [0.15, 0.2) is 71.5 Å². The smallest absolute Gasteiger partial charge is 0.261 e. The average Bonchev–Trinajstić information content (AvgIpc) is 2.83. The lowest BCUT2D eigenvalue weighted by Gasteiger charge is -2.40. The standard InChI is InChI=1S/C27H32N4O2/c1-20-8-6-11-22(18-20)24-13-12-23(27(33)29-24)26(32)28-14-7-15-31-17-16-30(2)19-25(31)21-9-4-3-5-10-21/h3-6,8-13,18,25H,7,14-17,19H2,1-2H3,(H,28,32)(H,29,33). The Bertz CT molecular complexity index is 1140. The number of rotatable bonds is 7. The van der Waals surface area contributed by atoms with Crippen molar-refractivity contribution in [3.05, 3.63) is 93.8 Å². The van der Waals surface area contributed by atoms with Gasteiger partial charge in [-0.05, 0) is 49.7 Å². The van der Waals surface area contributed by atoms with Gasteiger partial charge in [-0.2, -0.15) is 0 Å². The number of carbonyl (C=O) groups is 1. The van der Waals surface area contributed by atoms with Crippen LogP contribution in [0.3, 0.4) is 0 Å². The summed E-state index contributed by atoms with van der Waals surface area (Å²) in [6.07, 6.45) is 0.831. The van der Waals surface area contributed by atoms with Gasteiger partial charge in [0, 0.05) is 44.5 Å². The maximum Gasteiger partial charge on any atom is 0.261 e. The van der Waals surface area contributed by atoms with E-state index < -0.39 is 0 Å². The van der Waals surface area contributed by atoms with Gasteiger partial charge in [0.2, 0.25) is 0 Å². The first-order chi connectivity index (χ1) is 16.0. The minimum atomic E-state index is -0.366. The molecule has 0 saturated carbocycles. The summed E-state index contributed by atoms with van der Waals surface area (Å²) in [6.45, 7) is 6.48. The van der Waals surface area contributed by atoms with Crippen LogP contribution < -0.4 is 10.9 Å². The van der Waals surface area contributed by atoms with Crippen LogP contribution in [-0.2, 0) is 0 Å². The Kier molecular flexibility index (Phi) is 7.37. The molecule has 172 valence electrons. The Balaban J connectivity index is 1.32. The van der Waals surface area contributed by atoms with Crippen molar-refractivity contribution in [3.63, 3.8) is 0 Å². The predicted molar refractivity (Wildman–Crippen MR) is 132 cm³/mol. The molecule has 2 N–H and O–H groups in total. The minimum Gasteiger partial charge on any atom is -0.352 e. The van der Waals surface area contributed by atoms with Crippen molar-refractivity contribution in [1.29, 1.82) is 0 Å². The van der Waals surface area contributed by atoms with Crippen LogP contribution in [0.4, 0.5) is 0 Å². The van der Waals surface area contributed by atoms with Gasteiger partial charge in [0.05, 0.1) is 0 Å². The number of hydrogen-bond donors (Lipinski definition) is 2. The number of H-pyrrole nitrogens is 1. The van der Waals surface area contributed by atoms with Crippen molar-refractivity contribution in [2.45, 2.75) is 19.4 Å². The van der Waals surface area contributed by atoms with E-state index in [0.717, 1.165) is 43.7 Å². The number of benzene rings is 2. The van der Waals surface area contributed by atoms with Crippen molar-refractivity contribution in [3.8, 4) is 11.3 Å². The van der Waals surface area contributed by atoms with Gasteiger partial charge in [-0.3, -0.25) is 14.5 Å². The van der Waals surface area contributed by atoms with Crippen LogP contribution in [-0.4, -0.2) is 60.5 Å². The van der Waals surface area contributed by atoms with Gasteiger partial charge >= 0.3 is 0 Å². The molecule has 6 heteroatoms. The molecule has 1 aliphatic rings. The van der Waals surface area contributed by atoms with Gasteiger partial charge in [0.15, 0.2) is 0 Å². The van der Waals surface area contributed by atoms with Gasteiger partial charge < -0.3 is 15.2 Å². The molecule has 1 amide bonds. The normalized spacial score (nSPS) is 17.1. The van der Waals surface area contributed by atoms with E-state index in [2.05, 4.69) is 51.4 Å². The fourth-order valence-corrected chi connectivity index (χ4v) is 4.43. The zero-order valence-corrected chi connectivity index (χ0v) is 19.4. The molecule has 1 unspecified atom stereocenters. The van der Waals surface area contributed by atoms with Crippen molar-refractivity contribution < 1.29 is 4.79 Å². The molecule has 1 fully saturated rings. The molecule has 4 rings (SSSR count). The lowest BCUT2D eigenvalue weighted by molar-refractivity contribution is 0.0865. The molecule has 2 aromatic carbocycles. The minimum absolute atomic E-state index is 0.146. The van der Waals surface area contributed by atoms with E-state index in [4.69, 9.17) is 0 Å². The third kappa shape index (κ3) is 5.78. The van der Waals surface area contributed by atoms with Gasteiger partial charge in [0.25, 0.3) is 11.5 Å². The zero-order chi connectivity index (χ0) is 23.2. The third-order valence-corrected chi connectivity index (χ3v) is 6.27. The summed E-state index contributed by atoms with van der Waals surface area (Å²) in [4.78, 5) is 32.8. The highest BCUT2D eigenvalue weighted by molar-refractivity contribution is 5.94. The molecule has 0 radical (unpaired) electrons. The van der Waals surface area contributed by atoms with Crippen LogP contribution in [0.5, 0.6) is 0 Å². The molecule has 6 nitrogen and oxygen atoms in total. The number of nitrogens with zero attached hydrogens (tertiary/aromatic N) is 2. The first-order valence-electron chi connectivity index (χ1n) is 11.6. The van der Waals surface area contributed by atoms with E-state index in [1.165, 1.54) is 5.56 Å². The number of aromatic amines is 1. The number of amides is 1. The Morgan fingerprint density at radius 1 is 1.06 bits per heavy atom. The van der Waals surface area contributed by atoms with E-state index >= 15 is 0 Å². The molecule has 33 heavy (non-hydrogen) atoms. The molecule has 1 atom stereocenters. The lowest BCUT2D eigenvalue weighted by atomic mass is 10.0. The van der Waals surface area contributed by atoms with Gasteiger partial charge in [-0.1, -0.05) is 54.1 Å². The molecule has 1 saturated heterocycles. The van der Waals surface area contributed by atoms with Crippen molar-refractivity contribution in [2.24, 2.45) is 0 Å². The lowest BCUT2D eigenvalue weighted by Crippen LogP contribution is -2.47. The van der Waals surface area contributed by atoms with Gasteiger partial charge in [0.1, 0.15) is 5.56 Å². The van der Waals surface area contributed by atoms with E-state index in [1.54, 1.807) is 12.1 Å². The maximum atomic E-state index is 12.6. The summed E-state index contributed by atoms with van der Waals surface area (Å²) in [5.74, 6) is -0.329. The number of carbonyl (C=O) groups excluding carboxylic acids is 1. The first kappa shape index (κ1) is 23.0. The molecule has 0 spiro atoms. The predicted octanol–water partition coefficient (Wildman–Crippen LogP) is 3.46. The second-order valence-electron chi connectivity index (χ2n) is 8.82. The Morgan fingerprint density at radius 3 is 2.64 bits per heavy atom. The number of aryl methyl sites for hydroxylation is 1. The number of nitrogens with one attached hydrogen (secondary N) is 2. The van der Waals surface area contributed by atoms with Crippen molar-refractivity contribution >= 4 is 5.91 Å². The highest BCUT2D eigenvalue weighted by atomic mass is 16.2. The monoisotopic (exact) mass is 444 g/mol. The number of hydrogen-bond acceptors (Lipinski definition) is 4. The van der Waals surface area contributed by atoms with Crippen molar-refractivity contribution in [2.75, 3.05) is 39.8 Å². The topological polar surface area (TPSA) is 68.4 Å². The summed E-state index contributed by atoms with van der Waals surface area (Å²) in [7, 11) is 2.16. The van der Waals surface area contributed by atoms with E-state index in [1.807, 2.05) is 37.3 Å². The molecule has 1 aliphatic heterocycles. The SMILES string of the molecule is Cc1cccc(-c2ccc(C(=O)NCCCN3CCN(C)CC3c3ccccc3)c(=O)[nH]2)c1. The molecular weight excluding hydrogens is 412 g/mol. The fraction of sp³-hybridized carbons (Fsp3) is 0.333. The summed E-state index contributed by atoms with van der Waals surface area (Å²) in [5.41, 5.74) is 3.86. The molecule has 1 aromatic heterocycles. The number of likely N-dealkylation sites (N-methyl/N-ethyl adjacent to an activating group) is 1. The molecule has 0 aliphatic carbocycles. The van der Waals surface area contributed by atoms with Crippen LogP contribution in [0.25, 0.3) is 11.3 Å². The molecule has 2 heterocycles. The third-order valence-electron chi connectivity index (χ3n) is 6.27. The summed E-state index contributed by atoms with van der Waals surface area (Å²) in [5, 5.41) is 2.92. The van der Waals surface area contributed by atoms with E-state index in [0.29, 0.717) is 18.3 Å². The number of aromatic nitrogens is 1.